The van der Waals surface area contributed by atoms with Gasteiger partial charge in [0.2, 0.25) is 0 Å². The maximum atomic E-state index is 9.10. The number of nitrogens with zero attached hydrogens (tertiary/aromatic N) is 2. The Balaban J connectivity index is -0.0000000428. The van der Waals surface area contributed by atoms with Gasteiger partial charge in [-0.1, -0.05) is 0 Å². The Labute approximate surface area is 73.1 Å². The van der Waals surface area contributed by atoms with Gasteiger partial charge in [0.05, 0.1) is 0 Å². The van der Waals surface area contributed by atoms with Crippen LogP contribution in [0.1, 0.15) is 0 Å². The van der Waals surface area contributed by atoms with Crippen LogP contribution in [0.3, 0.4) is 0 Å². The van der Waals surface area contributed by atoms with E-state index >= 15 is 0 Å². The van der Waals surface area contributed by atoms with E-state index in [1.807, 2.05) is 0 Å². The molecule has 0 saturated heterocycles. The van der Waals surface area contributed by atoms with Gasteiger partial charge >= 0.3 is 29.0 Å². The SMILES string of the molecule is O=C(O)C(=O)O.[C-]#N.[C-]#N.[Cu+2]. The normalized spacial score (nSPS) is 4.36. The molecular weight excluding hydrogens is 204 g/mol. The number of hydrogen-bond acceptors (Lipinski definition) is 4. The van der Waals surface area contributed by atoms with E-state index in [4.69, 9.17) is 43.5 Å². The topological polar surface area (TPSA) is 122 Å². The molecule has 0 aliphatic heterocycles. The quantitative estimate of drug-likeness (QED) is 0.308. The zero-order chi connectivity index (χ0) is 9.15. The average Bonchev–Trinajstić information content (AvgIpc) is 1.96. The number of rotatable bonds is 0. The molecule has 7 heteroatoms. The van der Waals surface area contributed by atoms with Gasteiger partial charge in [-0.15, -0.1) is 0 Å². The zero-order valence-corrected chi connectivity index (χ0v) is 5.85. The third-order valence-corrected chi connectivity index (χ3v) is 0.183. The van der Waals surface area contributed by atoms with Crippen molar-refractivity contribution in [1.29, 1.82) is 10.5 Å². The Bertz CT molecular complexity index is 135. The van der Waals surface area contributed by atoms with E-state index in [-0.39, 0.29) is 17.1 Å². The van der Waals surface area contributed by atoms with Crippen molar-refractivity contribution in [2.24, 2.45) is 0 Å². The van der Waals surface area contributed by atoms with Crippen molar-refractivity contribution in [3.05, 3.63) is 13.1 Å². The van der Waals surface area contributed by atoms with E-state index in [1.54, 1.807) is 0 Å². The Morgan fingerprint density at radius 3 is 1.00 bits per heavy atom. The van der Waals surface area contributed by atoms with Crippen LogP contribution in [0.2, 0.25) is 0 Å². The molecule has 2 N–H and O–H groups in total. The molecule has 0 spiro atoms. The zero-order valence-electron chi connectivity index (χ0n) is 4.91. The summed E-state index contributed by atoms with van der Waals surface area (Å²) in [5, 5.41) is 27.3. The van der Waals surface area contributed by atoms with Gasteiger partial charge < -0.3 is 33.9 Å². The predicted molar refractivity (Wildman–Crippen MR) is 25.2 cm³/mol. The summed E-state index contributed by atoms with van der Waals surface area (Å²) >= 11 is 0. The summed E-state index contributed by atoms with van der Waals surface area (Å²) in [6, 6.07) is 0. The summed E-state index contributed by atoms with van der Waals surface area (Å²) in [6.45, 7) is 9.50. The second-order valence-corrected chi connectivity index (χ2v) is 0.610. The number of aliphatic carboxylic acids is 2. The Hall–Kier alpha value is -1.56. The maximum Gasteiger partial charge on any atom is 2.00 e. The van der Waals surface area contributed by atoms with Crippen LogP contribution >= 0.6 is 0 Å². The molecule has 0 bridgehead atoms. The van der Waals surface area contributed by atoms with E-state index in [0.29, 0.717) is 0 Å². The molecule has 0 aliphatic carbocycles. The van der Waals surface area contributed by atoms with E-state index in [9.17, 15) is 0 Å². The van der Waals surface area contributed by atoms with E-state index in [1.165, 1.54) is 0 Å². The van der Waals surface area contributed by atoms with Crippen molar-refractivity contribution < 1.29 is 36.9 Å². The van der Waals surface area contributed by atoms with E-state index < -0.39 is 11.9 Å². The molecule has 0 unspecified atom stereocenters. The second-order valence-electron chi connectivity index (χ2n) is 0.610. The number of carboxylic acid groups (broad SMARTS) is 2. The molecule has 0 heterocycles. The summed E-state index contributed by atoms with van der Waals surface area (Å²) < 4.78 is 0. The van der Waals surface area contributed by atoms with Crippen molar-refractivity contribution in [2.45, 2.75) is 0 Å². The monoisotopic (exact) mass is 205 g/mol. The Kier molecular flexibility index (Phi) is 49.0. The van der Waals surface area contributed by atoms with Crippen LogP contribution in [0.5, 0.6) is 0 Å². The van der Waals surface area contributed by atoms with Crippen molar-refractivity contribution in [1.82, 2.24) is 0 Å². The molecule has 0 aromatic heterocycles. The largest absolute Gasteiger partial charge is 2.00 e. The minimum atomic E-state index is -1.82. The Morgan fingerprint density at radius 1 is 0.909 bits per heavy atom. The van der Waals surface area contributed by atoms with Crippen molar-refractivity contribution in [3.8, 4) is 0 Å². The van der Waals surface area contributed by atoms with Crippen LogP contribution in [-0.2, 0) is 26.7 Å². The van der Waals surface area contributed by atoms with Gasteiger partial charge in [-0.2, -0.15) is 0 Å². The standard InChI is InChI=1S/C2H2O4.2CN.Cu/c3-1(4)2(5)6;2*1-2;/h(H,3,4)(H,5,6);;;/q;2*-1;+2. The Morgan fingerprint density at radius 2 is 1.00 bits per heavy atom. The summed E-state index contributed by atoms with van der Waals surface area (Å²) in [6.07, 6.45) is 0. The van der Waals surface area contributed by atoms with Crippen LogP contribution in [0.15, 0.2) is 0 Å². The molecule has 0 rings (SSSR count). The second kappa shape index (κ2) is 23.7. The first-order chi connectivity index (χ1) is 4.64. The van der Waals surface area contributed by atoms with Crippen molar-refractivity contribution in [2.75, 3.05) is 0 Å². The first kappa shape index (κ1) is 22.7. The first-order valence-electron chi connectivity index (χ1n) is 1.55. The van der Waals surface area contributed by atoms with Crippen molar-refractivity contribution in [3.63, 3.8) is 0 Å². The fourth-order valence-corrected chi connectivity index (χ4v) is 0. The molecule has 1 radical (unpaired) electrons. The molecule has 0 amide bonds. The summed E-state index contributed by atoms with van der Waals surface area (Å²) in [5.74, 6) is -3.65. The fourth-order valence-electron chi connectivity index (χ4n) is 0. The molecule has 0 atom stereocenters. The minimum Gasteiger partial charge on any atom is -0.512 e. The summed E-state index contributed by atoms with van der Waals surface area (Å²) in [7, 11) is 0. The van der Waals surface area contributed by atoms with Gasteiger partial charge in [-0.05, 0) is 0 Å². The van der Waals surface area contributed by atoms with Gasteiger partial charge in [-0.25, -0.2) is 9.59 Å². The smallest absolute Gasteiger partial charge is 0.512 e. The van der Waals surface area contributed by atoms with Crippen LogP contribution in [0, 0.1) is 23.7 Å². The number of carbonyl (C=O) groups is 2. The molecule has 0 saturated carbocycles. The minimum absolute atomic E-state index is 0. The third-order valence-electron chi connectivity index (χ3n) is 0.183. The van der Waals surface area contributed by atoms with E-state index in [2.05, 4.69) is 0 Å². The molecule has 0 aromatic rings. The van der Waals surface area contributed by atoms with Crippen molar-refractivity contribution >= 4 is 11.9 Å². The predicted octanol–water partition coefficient (Wildman–Crippen LogP) is -0.654. The summed E-state index contributed by atoms with van der Waals surface area (Å²) in [4.78, 5) is 18.2. The number of carboxylic acids is 2. The number of hydrogen-bond donors (Lipinski definition) is 2. The molecule has 0 aliphatic rings. The first-order valence-corrected chi connectivity index (χ1v) is 1.55. The molecule has 0 aromatic carbocycles. The van der Waals surface area contributed by atoms with Crippen LogP contribution in [0.4, 0.5) is 0 Å². The van der Waals surface area contributed by atoms with Crippen LogP contribution in [-0.4, -0.2) is 22.2 Å². The van der Waals surface area contributed by atoms with Gasteiger partial charge in [0, 0.05) is 0 Å². The maximum absolute atomic E-state index is 9.10. The summed E-state index contributed by atoms with van der Waals surface area (Å²) in [5.41, 5.74) is 0. The van der Waals surface area contributed by atoms with Crippen LogP contribution < -0.4 is 0 Å². The molecular formula is C4H2CuN2O4. The average molecular weight is 206 g/mol. The van der Waals surface area contributed by atoms with E-state index in [0.717, 1.165) is 0 Å². The molecule has 0 fully saturated rings. The van der Waals surface area contributed by atoms with Gasteiger partial charge in [0.25, 0.3) is 0 Å². The fraction of sp³-hybridized carbons (Fsp3) is 0. The molecule has 6 nitrogen and oxygen atoms in total. The van der Waals surface area contributed by atoms with Gasteiger partial charge in [0.15, 0.2) is 0 Å². The van der Waals surface area contributed by atoms with Gasteiger partial charge in [-0.3, -0.25) is 0 Å². The molecule has 11 heavy (non-hydrogen) atoms. The van der Waals surface area contributed by atoms with Gasteiger partial charge in [0.1, 0.15) is 0 Å². The third kappa shape index (κ3) is 58.8. The van der Waals surface area contributed by atoms with Crippen LogP contribution in [0.25, 0.3) is 0 Å². The molecule has 63 valence electrons.